The summed E-state index contributed by atoms with van der Waals surface area (Å²) < 4.78 is 28.9. The highest BCUT2D eigenvalue weighted by Crippen LogP contribution is 2.30. The number of carbonyl (C=O) groups is 1. The van der Waals surface area contributed by atoms with Crippen LogP contribution in [0.15, 0.2) is 47.6 Å². The molecule has 2 aliphatic rings. The molecule has 1 aromatic carbocycles. The van der Waals surface area contributed by atoms with Crippen molar-refractivity contribution in [2.75, 3.05) is 18.5 Å². The molecular weight excluding hydrogens is 424 g/mol. The molecule has 0 saturated heterocycles. The molecule has 172 valence electrons. The van der Waals surface area contributed by atoms with Gasteiger partial charge in [-0.25, -0.2) is 13.1 Å². The second-order valence-corrected chi connectivity index (χ2v) is 10.7. The summed E-state index contributed by atoms with van der Waals surface area (Å²) in [5.41, 5.74) is 3.22. The maximum Gasteiger partial charge on any atom is 0.240 e. The Morgan fingerprint density at radius 2 is 1.84 bits per heavy atom. The number of fused-ring (bicyclic) bond motifs is 1. The van der Waals surface area contributed by atoms with Crippen molar-refractivity contribution in [3.63, 3.8) is 0 Å². The number of benzene rings is 1. The normalized spacial score (nSPS) is 22.1. The molecule has 2 heterocycles. The van der Waals surface area contributed by atoms with E-state index in [4.69, 9.17) is 0 Å². The van der Waals surface area contributed by atoms with Crippen molar-refractivity contribution >= 4 is 21.6 Å². The standard InChI is InChI=1S/C24H32N4O3S/c1-17(18-11-13-25-14-12-18)26-24(29)20-5-8-21(9-6-20)27-32(30,31)22-10-7-19-4-3-15-28(2)23(19)16-22/h7,10-14,16-17,20-21,27H,3-6,8-9,15H2,1-2H3,(H,26,29)/t17?,20-,21-. The highest BCUT2D eigenvalue weighted by atomic mass is 32.2. The van der Waals surface area contributed by atoms with Crippen LogP contribution in [0.4, 0.5) is 5.69 Å². The minimum atomic E-state index is -3.59. The van der Waals surface area contributed by atoms with Crippen LogP contribution in [0.2, 0.25) is 0 Å². The predicted molar refractivity (Wildman–Crippen MR) is 125 cm³/mol. The number of amides is 1. The molecule has 2 aromatic rings. The first kappa shape index (κ1) is 22.7. The van der Waals surface area contributed by atoms with Crippen LogP contribution in [-0.2, 0) is 21.2 Å². The fraction of sp³-hybridized carbons (Fsp3) is 0.500. The average Bonchev–Trinajstić information content (AvgIpc) is 2.80. The number of hydrogen-bond donors (Lipinski definition) is 2. The van der Waals surface area contributed by atoms with Gasteiger partial charge in [-0.3, -0.25) is 9.78 Å². The van der Waals surface area contributed by atoms with Gasteiger partial charge in [0.2, 0.25) is 15.9 Å². The first-order chi connectivity index (χ1) is 15.3. The molecule has 0 spiro atoms. The number of aryl methyl sites for hydroxylation is 1. The molecule has 1 unspecified atom stereocenters. The van der Waals surface area contributed by atoms with Gasteiger partial charge < -0.3 is 10.2 Å². The van der Waals surface area contributed by atoms with Crippen LogP contribution in [0.5, 0.6) is 0 Å². The Kier molecular flexibility index (Phi) is 6.81. The van der Waals surface area contributed by atoms with Gasteiger partial charge in [0.1, 0.15) is 0 Å². The van der Waals surface area contributed by atoms with E-state index in [-0.39, 0.29) is 23.9 Å². The van der Waals surface area contributed by atoms with Crippen molar-refractivity contribution in [2.24, 2.45) is 5.92 Å². The molecule has 0 radical (unpaired) electrons. The highest BCUT2D eigenvalue weighted by Gasteiger charge is 2.30. The third kappa shape index (κ3) is 5.13. The maximum atomic E-state index is 13.0. The van der Waals surface area contributed by atoms with Crippen LogP contribution in [0.3, 0.4) is 0 Å². The minimum Gasteiger partial charge on any atom is -0.374 e. The SMILES string of the molecule is CC(NC(=O)[C@H]1CC[C@H](NS(=O)(=O)c2ccc3c(c2)N(C)CCC3)CC1)c1ccncc1. The summed E-state index contributed by atoms with van der Waals surface area (Å²) in [6, 6.07) is 9.00. The minimum absolute atomic E-state index is 0.0355. The summed E-state index contributed by atoms with van der Waals surface area (Å²) in [5.74, 6) is -0.0502. The van der Waals surface area contributed by atoms with E-state index in [1.807, 2.05) is 32.2 Å². The summed E-state index contributed by atoms with van der Waals surface area (Å²) >= 11 is 0. The molecule has 1 aliphatic heterocycles. The Bertz CT molecular complexity index is 1050. The number of hydrogen-bond acceptors (Lipinski definition) is 5. The van der Waals surface area contributed by atoms with Crippen molar-refractivity contribution in [2.45, 2.75) is 62.4 Å². The number of pyridine rings is 1. The van der Waals surface area contributed by atoms with Crippen molar-refractivity contribution in [3.8, 4) is 0 Å². The Morgan fingerprint density at radius 3 is 2.56 bits per heavy atom. The van der Waals surface area contributed by atoms with E-state index in [2.05, 4.69) is 19.9 Å². The fourth-order valence-electron chi connectivity index (χ4n) is 4.73. The molecule has 1 fully saturated rings. The zero-order valence-electron chi connectivity index (χ0n) is 18.8. The van der Waals surface area contributed by atoms with E-state index in [1.165, 1.54) is 5.56 Å². The van der Waals surface area contributed by atoms with Gasteiger partial charge >= 0.3 is 0 Å². The molecule has 1 saturated carbocycles. The highest BCUT2D eigenvalue weighted by molar-refractivity contribution is 7.89. The molecule has 32 heavy (non-hydrogen) atoms. The van der Waals surface area contributed by atoms with Gasteiger partial charge in [0.25, 0.3) is 0 Å². The van der Waals surface area contributed by atoms with E-state index in [1.54, 1.807) is 24.5 Å². The molecule has 1 amide bonds. The second-order valence-electron chi connectivity index (χ2n) is 9.00. The smallest absolute Gasteiger partial charge is 0.240 e. The number of nitrogens with zero attached hydrogens (tertiary/aromatic N) is 2. The number of nitrogens with one attached hydrogen (secondary N) is 2. The van der Waals surface area contributed by atoms with Crippen LogP contribution in [0.1, 0.15) is 56.2 Å². The molecular formula is C24H32N4O3S. The fourth-order valence-corrected chi connectivity index (χ4v) is 6.06. The number of carbonyl (C=O) groups excluding carboxylic acids is 1. The molecule has 1 aromatic heterocycles. The van der Waals surface area contributed by atoms with Gasteiger partial charge in [0.05, 0.1) is 10.9 Å². The lowest BCUT2D eigenvalue weighted by Crippen LogP contribution is -2.41. The Labute approximate surface area is 190 Å². The van der Waals surface area contributed by atoms with Crippen molar-refractivity contribution in [1.29, 1.82) is 0 Å². The van der Waals surface area contributed by atoms with Crippen LogP contribution in [0.25, 0.3) is 0 Å². The van der Waals surface area contributed by atoms with Gasteiger partial charge in [-0.2, -0.15) is 0 Å². The second kappa shape index (κ2) is 9.58. The number of sulfonamides is 1. The van der Waals surface area contributed by atoms with Crippen LogP contribution >= 0.6 is 0 Å². The van der Waals surface area contributed by atoms with E-state index >= 15 is 0 Å². The lowest BCUT2D eigenvalue weighted by atomic mass is 9.85. The molecule has 8 heteroatoms. The van der Waals surface area contributed by atoms with Gasteiger partial charge in [-0.1, -0.05) is 6.07 Å². The van der Waals surface area contributed by atoms with Gasteiger partial charge in [0, 0.05) is 43.6 Å². The van der Waals surface area contributed by atoms with E-state index in [0.717, 1.165) is 30.6 Å². The number of anilines is 1. The van der Waals surface area contributed by atoms with Crippen molar-refractivity contribution in [1.82, 2.24) is 15.0 Å². The summed E-state index contributed by atoms with van der Waals surface area (Å²) in [7, 11) is -1.59. The summed E-state index contributed by atoms with van der Waals surface area (Å²) in [4.78, 5) is 19.1. The van der Waals surface area contributed by atoms with Crippen molar-refractivity contribution < 1.29 is 13.2 Å². The number of aromatic nitrogens is 1. The third-order valence-electron chi connectivity index (χ3n) is 6.70. The summed E-state index contributed by atoms with van der Waals surface area (Å²) in [5, 5.41) is 3.08. The maximum absolute atomic E-state index is 13.0. The molecule has 4 rings (SSSR count). The quantitative estimate of drug-likeness (QED) is 0.697. The molecule has 2 N–H and O–H groups in total. The average molecular weight is 457 g/mol. The summed E-state index contributed by atoms with van der Waals surface area (Å²) in [6.45, 7) is 2.90. The van der Waals surface area contributed by atoms with E-state index in [0.29, 0.717) is 30.6 Å². The van der Waals surface area contributed by atoms with E-state index in [9.17, 15) is 13.2 Å². The van der Waals surface area contributed by atoms with Gasteiger partial charge in [-0.15, -0.1) is 0 Å². The molecule has 1 atom stereocenters. The monoisotopic (exact) mass is 456 g/mol. The molecule has 1 aliphatic carbocycles. The first-order valence-corrected chi connectivity index (χ1v) is 12.9. The Morgan fingerprint density at radius 1 is 1.12 bits per heavy atom. The van der Waals surface area contributed by atoms with Gasteiger partial charge in [0.15, 0.2) is 0 Å². The first-order valence-electron chi connectivity index (χ1n) is 11.4. The zero-order valence-corrected chi connectivity index (χ0v) is 19.6. The lowest BCUT2D eigenvalue weighted by molar-refractivity contribution is -0.126. The zero-order chi connectivity index (χ0) is 22.7. The Balaban J connectivity index is 1.32. The van der Waals surface area contributed by atoms with Gasteiger partial charge in [-0.05, 0) is 80.8 Å². The lowest BCUT2D eigenvalue weighted by Gasteiger charge is -2.30. The third-order valence-corrected chi connectivity index (χ3v) is 8.22. The van der Waals surface area contributed by atoms with Crippen LogP contribution in [-0.4, -0.2) is 38.9 Å². The topological polar surface area (TPSA) is 91.4 Å². The molecule has 0 bridgehead atoms. The Hall–Kier alpha value is -2.45. The van der Waals surface area contributed by atoms with Crippen LogP contribution in [0, 0.1) is 5.92 Å². The molecule has 7 nitrogen and oxygen atoms in total. The van der Waals surface area contributed by atoms with Crippen LogP contribution < -0.4 is 14.9 Å². The van der Waals surface area contributed by atoms with E-state index < -0.39 is 10.0 Å². The summed E-state index contributed by atoms with van der Waals surface area (Å²) in [6.07, 6.45) is 8.18. The predicted octanol–water partition coefficient (Wildman–Crippen LogP) is 3.18. The largest absolute Gasteiger partial charge is 0.374 e. The van der Waals surface area contributed by atoms with Crippen molar-refractivity contribution in [3.05, 3.63) is 53.9 Å². The number of rotatable bonds is 6.